The highest BCUT2D eigenvalue weighted by molar-refractivity contribution is 7.87. The molecule has 0 unspecified atom stereocenters. The molecule has 164 valence electrons. The van der Waals surface area contributed by atoms with Crippen molar-refractivity contribution in [3.63, 3.8) is 0 Å². The van der Waals surface area contributed by atoms with Crippen LogP contribution in [-0.2, 0) is 0 Å². The summed E-state index contributed by atoms with van der Waals surface area (Å²) in [5, 5.41) is 17.0. The van der Waals surface area contributed by atoms with Crippen LogP contribution in [0.5, 0.6) is 0 Å². The molecule has 6 rings (SSSR count). The van der Waals surface area contributed by atoms with Crippen LogP contribution >= 0.6 is 18.7 Å². The predicted octanol–water partition coefficient (Wildman–Crippen LogP) is 5.74. The largest absolute Gasteiger partial charge is 0.251 e. The van der Waals surface area contributed by atoms with Crippen molar-refractivity contribution in [2.75, 3.05) is 0 Å². The smallest absolute Gasteiger partial charge is 0.200 e. The van der Waals surface area contributed by atoms with Gasteiger partial charge in [0.05, 0.1) is 18.3 Å². The molecule has 0 atom stereocenters. The van der Waals surface area contributed by atoms with Gasteiger partial charge in [0, 0.05) is 21.3 Å². The first-order valence-corrected chi connectivity index (χ1v) is 13.0. The molecule has 0 fully saturated rings. The number of pyridine rings is 1. The van der Waals surface area contributed by atoms with Gasteiger partial charge < -0.3 is 0 Å². The second-order valence-electron chi connectivity index (χ2n) is 7.84. The third kappa shape index (κ3) is 3.25. The summed E-state index contributed by atoms with van der Waals surface area (Å²) in [6, 6.07) is 39.4. The van der Waals surface area contributed by atoms with Gasteiger partial charge in [-0.25, -0.2) is 0 Å². The van der Waals surface area contributed by atoms with Crippen LogP contribution in [0.2, 0.25) is 5.02 Å². The van der Waals surface area contributed by atoms with Crippen molar-refractivity contribution in [2.24, 2.45) is 4.74 Å². The van der Waals surface area contributed by atoms with E-state index in [0.717, 1.165) is 26.8 Å². The van der Waals surface area contributed by atoms with Gasteiger partial charge in [-0.3, -0.25) is 4.74 Å². The maximum atomic E-state index is 6.99. The Morgan fingerprint density at radius 2 is 1.15 bits per heavy atom. The van der Waals surface area contributed by atoms with Gasteiger partial charge in [-0.05, 0) is 16.5 Å². The molecule has 0 amide bonds. The fraction of sp³-hybridized carbons (Fsp3) is 0. The number of hydrogen-bond donors (Lipinski definition) is 0. The lowest BCUT2D eigenvalue weighted by atomic mass is 10.2. The van der Waals surface area contributed by atoms with Crippen LogP contribution in [0.25, 0.3) is 16.6 Å². The number of hydrogen-bond acceptors (Lipinski definition) is 4. The zero-order valence-electron chi connectivity index (χ0n) is 18.0. The average Bonchev–Trinajstić information content (AvgIpc) is 3.41. The molecule has 34 heavy (non-hydrogen) atoms. The summed E-state index contributed by atoms with van der Waals surface area (Å²) < 4.78 is 7.30. The molecule has 5 nitrogen and oxygen atoms in total. The molecule has 2 heterocycles. The van der Waals surface area contributed by atoms with Crippen LogP contribution in [-0.4, -0.2) is 20.0 Å². The molecule has 0 N–H and O–H groups in total. The molecule has 0 radical (unpaired) electrons. The minimum absolute atomic E-state index is 0.441. The molecule has 0 aliphatic rings. The number of para-hydroxylation sites is 1. The first kappa shape index (κ1) is 20.8. The summed E-state index contributed by atoms with van der Waals surface area (Å²) in [6.45, 7) is 0. The highest BCUT2D eigenvalue weighted by atomic mass is 35.5. The van der Waals surface area contributed by atoms with Gasteiger partial charge in [-0.1, -0.05) is 121 Å². The summed E-state index contributed by atoms with van der Waals surface area (Å²) in [6.07, 6.45) is 0. The molecule has 4 aromatic carbocycles. The average molecular weight is 480 g/mol. The highest BCUT2D eigenvalue weighted by Gasteiger charge is 2.29. The number of aromatic nitrogens is 4. The normalized spacial score (nSPS) is 11.7. The van der Waals surface area contributed by atoms with E-state index >= 15 is 0 Å². The number of fused-ring (bicyclic) bond motifs is 3. The van der Waals surface area contributed by atoms with Crippen LogP contribution in [0, 0.1) is 0 Å². The molecule has 0 bridgehead atoms. The lowest BCUT2D eigenvalue weighted by Gasteiger charge is -2.27. The van der Waals surface area contributed by atoms with Crippen LogP contribution in [0.1, 0.15) is 0 Å². The lowest BCUT2D eigenvalue weighted by molar-refractivity contribution is 0.842. The Kier molecular flexibility index (Phi) is 5.21. The van der Waals surface area contributed by atoms with E-state index in [0.29, 0.717) is 16.4 Å². The molecular formula is C27H19ClN5P. The third-order valence-corrected chi connectivity index (χ3v) is 9.89. The predicted molar refractivity (Wildman–Crippen MR) is 141 cm³/mol. The third-order valence-electron chi connectivity index (χ3n) is 5.90. The van der Waals surface area contributed by atoms with Gasteiger partial charge in [0.25, 0.3) is 0 Å². The monoisotopic (exact) mass is 479 g/mol. The number of benzene rings is 4. The van der Waals surface area contributed by atoms with E-state index in [9.17, 15) is 0 Å². The van der Waals surface area contributed by atoms with Crippen LogP contribution < -0.4 is 15.9 Å². The van der Waals surface area contributed by atoms with E-state index in [1.54, 1.807) is 4.52 Å². The van der Waals surface area contributed by atoms with E-state index in [4.69, 9.17) is 16.3 Å². The second-order valence-corrected chi connectivity index (χ2v) is 11.2. The van der Waals surface area contributed by atoms with Gasteiger partial charge in [-0.15, -0.1) is 5.10 Å². The number of nitrogens with zero attached hydrogens (tertiary/aromatic N) is 5. The second kappa shape index (κ2) is 8.53. The first-order chi connectivity index (χ1) is 16.8. The Morgan fingerprint density at radius 1 is 0.647 bits per heavy atom. The number of tetrazole rings is 1. The summed E-state index contributed by atoms with van der Waals surface area (Å²) in [4.78, 5) is 0. The van der Waals surface area contributed by atoms with Crippen molar-refractivity contribution in [1.82, 2.24) is 20.0 Å². The van der Waals surface area contributed by atoms with E-state index in [2.05, 4.69) is 88.3 Å². The SMILES string of the molecule is Clc1c(N=P(c2ccccc2)(c2ccccc2)c2ccccc2)c2ccccc2n2nnnc12. The molecule has 0 aliphatic heterocycles. The molecule has 0 saturated heterocycles. The lowest BCUT2D eigenvalue weighted by Crippen LogP contribution is -2.25. The zero-order valence-corrected chi connectivity index (χ0v) is 19.7. The van der Waals surface area contributed by atoms with Gasteiger partial charge in [0.15, 0.2) is 0 Å². The number of halogens is 1. The zero-order chi connectivity index (χ0) is 23.0. The van der Waals surface area contributed by atoms with E-state index in [1.807, 2.05) is 42.5 Å². The van der Waals surface area contributed by atoms with Gasteiger partial charge >= 0.3 is 0 Å². The Labute approximate surface area is 201 Å². The Bertz CT molecular complexity index is 1560. The van der Waals surface area contributed by atoms with Crippen molar-refractivity contribution in [3.8, 4) is 0 Å². The van der Waals surface area contributed by atoms with Crippen molar-refractivity contribution < 1.29 is 0 Å². The molecule has 0 aliphatic carbocycles. The maximum absolute atomic E-state index is 6.99. The van der Waals surface area contributed by atoms with Crippen molar-refractivity contribution >= 4 is 56.8 Å². The van der Waals surface area contributed by atoms with E-state index in [1.165, 1.54) is 0 Å². The van der Waals surface area contributed by atoms with Crippen molar-refractivity contribution in [3.05, 3.63) is 120 Å². The quantitative estimate of drug-likeness (QED) is 0.303. The Morgan fingerprint density at radius 3 is 1.71 bits per heavy atom. The summed E-state index contributed by atoms with van der Waals surface area (Å²) >= 11 is 6.99. The molecule has 2 aromatic heterocycles. The maximum Gasteiger partial charge on any atom is 0.200 e. The summed E-state index contributed by atoms with van der Waals surface area (Å²) in [7, 11) is -2.50. The van der Waals surface area contributed by atoms with Gasteiger partial charge in [0.1, 0.15) is 5.02 Å². The van der Waals surface area contributed by atoms with Crippen LogP contribution in [0.3, 0.4) is 0 Å². The first-order valence-electron chi connectivity index (χ1n) is 10.9. The van der Waals surface area contributed by atoms with Gasteiger partial charge in [-0.2, -0.15) is 4.52 Å². The summed E-state index contributed by atoms with van der Waals surface area (Å²) in [5.74, 6) is 0. The van der Waals surface area contributed by atoms with Crippen molar-refractivity contribution in [2.45, 2.75) is 0 Å². The molecule has 7 heteroatoms. The van der Waals surface area contributed by atoms with Gasteiger partial charge in [0.2, 0.25) is 5.65 Å². The van der Waals surface area contributed by atoms with Crippen LogP contribution in [0.15, 0.2) is 120 Å². The molecule has 0 saturated carbocycles. The van der Waals surface area contributed by atoms with E-state index in [-0.39, 0.29) is 0 Å². The minimum Gasteiger partial charge on any atom is -0.251 e. The minimum atomic E-state index is -2.50. The topological polar surface area (TPSA) is 55.4 Å². The molecule has 6 aromatic rings. The molecular weight excluding hydrogens is 461 g/mol. The Hall–Kier alpha value is -3.79. The summed E-state index contributed by atoms with van der Waals surface area (Å²) in [5.41, 5.74) is 2.05. The van der Waals surface area contributed by atoms with E-state index < -0.39 is 7.05 Å². The highest BCUT2D eigenvalue weighted by Crippen LogP contribution is 2.52. The standard InChI is InChI=1S/C27H19ClN5P/c28-25-26(23-18-10-11-19-24(23)33-27(25)29-31-32-33)30-34(20-12-4-1-5-13-20,21-14-6-2-7-15-21)22-16-8-3-9-17-22/h1-19H. The van der Waals surface area contributed by atoms with Crippen LogP contribution in [0.4, 0.5) is 5.69 Å². The molecule has 0 spiro atoms. The van der Waals surface area contributed by atoms with Crippen molar-refractivity contribution in [1.29, 1.82) is 0 Å². The fourth-order valence-electron chi connectivity index (χ4n) is 4.37. The fourth-order valence-corrected chi connectivity index (χ4v) is 8.25. The number of rotatable bonds is 4. The Balaban J connectivity index is 1.85.